The predicted octanol–water partition coefficient (Wildman–Crippen LogP) is 11.6. The molecule has 4 heteroatoms. The van der Waals surface area contributed by atoms with E-state index in [1.807, 2.05) is 42.5 Å². The van der Waals surface area contributed by atoms with Crippen LogP contribution < -0.4 is 0 Å². The highest BCUT2D eigenvalue weighted by Gasteiger charge is 2.16. The van der Waals surface area contributed by atoms with Gasteiger partial charge in [-0.15, -0.1) is 0 Å². The second-order valence-electron chi connectivity index (χ2n) is 12.3. The summed E-state index contributed by atoms with van der Waals surface area (Å²) < 4.78 is 0. The van der Waals surface area contributed by atoms with E-state index in [2.05, 4.69) is 137 Å². The Labute approximate surface area is 290 Å². The van der Waals surface area contributed by atoms with Gasteiger partial charge >= 0.3 is 0 Å². The molecule has 0 aliphatic carbocycles. The molecule has 0 saturated heterocycles. The summed E-state index contributed by atoms with van der Waals surface area (Å²) in [6.45, 7) is 0. The van der Waals surface area contributed by atoms with Crippen LogP contribution in [0, 0.1) is 0 Å². The van der Waals surface area contributed by atoms with E-state index in [-0.39, 0.29) is 0 Å². The minimum Gasteiger partial charge on any atom is -0.255 e. The van der Waals surface area contributed by atoms with Crippen molar-refractivity contribution in [1.82, 2.24) is 19.9 Å². The highest BCUT2D eigenvalue weighted by atomic mass is 14.8. The van der Waals surface area contributed by atoms with E-state index in [9.17, 15) is 0 Å². The Balaban J connectivity index is 1.17. The van der Waals surface area contributed by atoms with Crippen molar-refractivity contribution in [3.63, 3.8) is 0 Å². The molecule has 0 saturated carbocycles. The quantitative estimate of drug-likeness (QED) is 0.170. The molecule has 0 unspecified atom stereocenters. The van der Waals surface area contributed by atoms with Gasteiger partial charge < -0.3 is 0 Å². The maximum absolute atomic E-state index is 5.25. The third-order valence-corrected chi connectivity index (χ3v) is 9.18. The van der Waals surface area contributed by atoms with E-state index < -0.39 is 0 Å². The number of hydrogen-bond donors (Lipinski definition) is 0. The van der Waals surface area contributed by atoms with Crippen molar-refractivity contribution in [1.29, 1.82) is 0 Å². The van der Waals surface area contributed by atoms with Crippen LogP contribution in [0.25, 0.3) is 89.1 Å². The van der Waals surface area contributed by atoms with Crippen LogP contribution in [-0.4, -0.2) is 19.9 Å². The first-order valence-electron chi connectivity index (χ1n) is 16.7. The third-order valence-electron chi connectivity index (χ3n) is 9.18. The number of fused-ring (bicyclic) bond motifs is 3. The minimum atomic E-state index is 0.811. The molecule has 0 bridgehead atoms. The number of hydrogen-bond acceptors (Lipinski definition) is 4. The van der Waals surface area contributed by atoms with Crippen molar-refractivity contribution in [3.05, 3.63) is 182 Å². The number of rotatable bonds is 6. The Morgan fingerprint density at radius 3 is 1.52 bits per heavy atom. The summed E-state index contributed by atoms with van der Waals surface area (Å²) in [4.78, 5) is 19.3. The Hall–Kier alpha value is -6.78. The Morgan fingerprint density at radius 1 is 0.320 bits per heavy atom. The molecule has 0 N–H and O–H groups in total. The monoisotopic (exact) mass is 638 g/mol. The Bertz CT molecular complexity index is 2550. The average molecular weight is 639 g/mol. The number of nitrogens with zero attached hydrogens (tertiary/aromatic N) is 4. The zero-order valence-electron chi connectivity index (χ0n) is 27.1. The summed E-state index contributed by atoms with van der Waals surface area (Å²) >= 11 is 0. The molecule has 50 heavy (non-hydrogen) atoms. The standard InChI is InChI=1S/C46H30N4/c1-3-12-33(13-4-1)37-16-11-17-38-45(37)39-28-35(24-25-40(39)50-46(38)34-14-5-2-6-15-34)31-20-22-32(23-21-31)36-29-43(41-18-7-9-26-47-41)49-44(30-36)42-19-8-10-27-48-42/h1-30H. The van der Waals surface area contributed by atoms with Gasteiger partial charge in [-0.1, -0.05) is 121 Å². The molecule has 4 aromatic heterocycles. The number of benzene rings is 5. The van der Waals surface area contributed by atoms with Crippen LogP contribution in [0.1, 0.15) is 0 Å². The first-order chi connectivity index (χ1) is 24.8. The van der Waals surface area contributed by atoms with Crippen molar-refractivity contribution in [3.8, 4) is 67.4 Å². The van der Waals surface area contributed by atoms with Gasteiger partial charge in [-0.05, 0) is 81.9 Å². The summed E-state index contributed by atoms with van der Waals surface area (Å²) in [6, 6.07) is 59.1. The SMILES string of the molecule is c1ccc(-c2nc3ccc(-c4ccc(-c5cc(-c6ccccn6)nc(-c6ccccn6)c5)cc4)cc3c3c(-c4ccccc4)cccc23)cc1. The van der Waals surface area contributed by atoms with Gasteiger partial charge in [-0.3, -0.25) is 9.97 Å². The van der Waals surface area contributed by atoms with E-state index in [0.717, 1.165) is 72.6 Å². The molecule has 0 atom stereocenters. The molecule has 0 aliphatic rings. The lowest BCUT2D eigenvalue weighted by atomic mass is 9.91. The molecule has 9 rings (SSSR count). The molecule has 0 spiro atoms. The maximum Gasteiger partial charge on any atom is 0.0900 e. The van der Waals surface area contributed by atoms with E-state index in [4.69, 9.17) is 9.97 Å². The molecule has 4 heterocycles. The van der Waals surface area contributed by atoms with Crippen LogP contribution in [0.5, 0.6) is 0 Å². The first-order valence-corrected chi connectivity index (χ1v) is 16.7. The van der Waals surface area contributed by atoms with Crippen LogP contribution in [0.2, 0.25) is 0 Å². The predicted molar refractivity (Wildman–Crippen MR) is 205 cm³/mol. The van der Waals surface area contributed by atoms with Crippen LogP contribution in [0.15, 0.2) is 182 Å². The van der Waals surface area contributed by atoms with E-state index in [0.29, 0.717) is 0 Å². The number of pyridine rings is 4. The lowest BCUT2D eigenvalue weighted by Gasteiger charge is -2.15. The molecular weight excluding hydrogens is 609 g/mol. The van der Waals surface area contributed by atoms with Gasteiger partial charge in [0.1, 0.15) is 0 Å². The summed E-state index contributed by atoms with van der Waals surface area (Å²) in [5.74, 6) is 0. The molecular formula is C46H30N4. The molecule has 0 fully saturated rings. The zero-order chi connectivity index (χ0) is 33.3. The minimum absolute atomic E-state index is 0.811. The van der Waals surface area contributed by atoms with Crippen LogP contribution in [0.3, 0.4) is 0 Å². The van der Waals surface area contributed by atoms with Crippen molar-refractivity contribution in [2.24, 2.45) is 0 Å². The summed E-state index contributed by atoms with van der Waals surface area (Å²) in [5, 5.41) is 3.49. The Morgan fingerprint density at radius 2 is 0.900 bits per heavy atom. The van der Waals surface area contributed by atoms with Gasteiger partial charge in [0.25, 0.3) is 0 Å². The van der Waals surface area contributed by atoms with Crippen LogP contribution >= 0.6 is 0 Å². The van der Waals surface area contributed by atoms with Gasteiger partial charge in [0, 0.05) is 34.1 Å². The van der Waals surface area contributed by atoms with E-state index in [1.54, 1.807) is 12.4 Å². The second kappa shape index (κ2) is 12.7. The fourth-order valence-electron chi connectivity index (χ4n) is 6.75. The van der Waals surface area contributed by atoms with Crippen molar-refractivity contribution in [2.75, 3.05) is 0 Å². The smallest absolute Gasteiger partial charge is 0.0900 e. The summed E-state index contributed by atoms with van der Waals surface area (Å²) in [7, 11) is 0. The summed E-state index contributed by atoms with van der Waals surface area (Å²) in [6.07, 6.45) is 3.60. The molecule has 0 radical (unpaired) electrons. The molecule has 0 amide bonds. The number of aromatic nitrogens is 4. The highest BCUT2D eigenvalue weighted by molar-refractivity contribution is 6.17. The van der Waals surface area contributed by atoms with Crippen molar-refractivity contribution >= 4 is 21.7 Å². The van der Waals surface area contributed by atoms with Gasteiger partial charge in [0.05, 0.1) is 34.0 Å². The molecule has 4 nitrogen and oxygen atoms in total. The molecule has 9 aromatic rings. The topological polar surface area (TPSA) is 51.6 Å². The molecule has 234 valence electrons. The maximum atomic E-state index is 5.25. The molecule has 5 aromatic carbocycles. The first kappa shape index (κ1) is 29.4. The van der Waals surface area contributed by atoms with E-state index >= 15 is 0 Å². The zero-order valence-corrected chi connectivity index (χ0v) is 27.1. The molecule has 0 aliphatic heterocycles. The summed E-state index contributed by atoms with van der Waals surface area (Å²) in [5.41, 5.74) is 13.2. The van der Waals surface area contributed by atoms with Gasteiger partial charge in [0.15, 0.2) is 0 Å². The normalized spacial score (nSPS) is 11.2. The largest absolute Gasteiger partial charge is 0.255 e. The fraction of sp³-hybridized carbons (Fsp3) is 0. The lowest BCUT2D eigenvalue weighted by molar-refractivity contribution is 1.22. The van der Waals surface area contributed by atoms with Crippen molar-refractivity contribution < 1.29 is 0 Å². The lowest BCUT2D eigenvalue weighted by Crippen LogP contribution is -1.94. The third kappa shape index (κ3) is 5.49. The Kier molecular flexibility index (Phi) is 7.45. The van der Waals surface area contributed by atoms with Crippen molar-refractivity contribution in [2.45, 2.75) is 0 Å². The van der Waals surface area contributed by atoms with E-state index in [1.165, 1.54) is 16.5 Å². The second-order valence-corrected chi connectivity index (χ2v) is 12.3. The van der Waals surface area contributed by atoms with Gasteiger partial charge in [-0.2, -0.15) is 0 Å². The van der Waals surface area contributed by atoms with Gasteiger partial charge in [0.2, 0.25) is 0 Å². The van der Waals surface area contributed by atoms with Crippen LogP contribution in [0.4, 0.5) is 0 Å². The highest BCUT2D eigenvalue weighted by Crippen LogP contribution is 2.40. The van der Waals surface area contributed by atoms with Crippen LogP contribution in [-0.2, 0) is 0 Å². The van der Waals surface area contributed by atoms with Gasteiger partial charge in [-0.25, -0.2) is 9.97 Å². The average Bonchev–Trinajstić information content (AvgIpc) is 3.21. The fourth-order valence-corrected chi connectivity index (χ4v) is 6.75.